The molecule has 0 bridgehead atoms. The minimum atomic E-state index is -0.266. The van der Waals surface area contributed by atoms with Gasteiger partial charge >= 0.3 is 0 Å². The molecule has 1 amide bonds. The Morgan fingerprint density at radius 3 is 2.79 bits per heavy atom. The van der Waals surface area contributed by atoms with Gasteiger partial charge in [0.2, 0.25) is 5.91 Å². The van der Waals surface area contributed by atoms with Crippen molar-refractivity contribution in [1.29, 1.82) is 0 Å². The molecule has 0 aliphatic carbocycles. The molecule has 0 atom stereocenters. The van der Waals surface area contributed by atoms with E-state index in [1.54, 1.807) is 36.3 Å². The molecule has 0 unspecified atom stereocenters. The largest absolute Gasteiger partial charge is 0.340 e. The van der Waals surface area contributed by atoms with Gasteiger partial charge < -0.3 is 4.90 Å². The number of carbonyl (C=O) groups is 1. The van der Waals surface area contributed by atoms with Crippen LogP contribution in [0.2, 0.25) is 5.02 Å². The van der Waals surface area contributed by atoms with Gasteiger partial charge in [-0.2, -0.15) is 5.10 Å². The first kappa shape index (κ1) is 16.2. The smallest absolute Gasteiger partial charge is 0.275 e. The minimum Gasteiger partial charge on any atom is -0.340 e. The molecule has 24 heavy (non-hydrogen) atoms. The summed E-state index contributed by atoms with van der Waals surface area (Å²) in [5, 5.41) is 6.03. The molecular weight excluding hydrogens is 326 g/mol. The monoisotopic (exact) mass is 341 g/mol. The molecule has 0 fully saturated rings. The molecule has 0 spiro atoms. The number of fused-ring (bicyclic) bond motifs is 1. The first-order valence-corrected chi connectivity index (χ1v) is 7.85. The molecule has 0 N–H and O–H groups in total. The van der Waals surface area contributed by atoms with Crippen molar-refractivity contribution in [2.75, 3.05) is 7.05 Å². The number of carbonyl (C=O) groups excluding carboxylic acids is 1. The molecule has 122 valence electrons. The van der Waals surface area contributed by atoms with E-state index in [1.807, 2.05) is 30.3 Å². The van der Waals surface area contributed by atoms with Crippen molar-refractivity contribution in [3.05, 3.63) is 75.7 Å². The highest BCUT2D eigenvalue weighted by Crippen LogP contribution is 2.12. The number of benzene rings is 2. The highest BCUT2D eigenvalue weighted by atomic mass is 35.5. The summed E-state index contributed by atoms with van der Waals surface area (Å²) in [5.41, 5.74) is 0.662. The van der Waals surface area contributed by atoms with Crippen LogP contribution in [0.25, 0.3) is 10.8 Å². The molecule has 0 saturated carbocycles. The van der Waals surface area contributed by atoms with Gasteiger partial charge in [-0.05, 0) is 23.8 Å². The molecular formula is C18H16ClN3O2. The van der Waals surface area contributed by atoms with Gasteiger partial charge in [0, 0.05) is 24.0 Å². The number of likely N-dealkylation sites (N-methyl/N-ethyl adjacent to an activating group) is 1. The van der Waals surface area contributed by atoms with Crippen LogP contribution in [0.3, 0.4) is 0 Å². The van der Waals surface area contributed by atoms with E-state index in [1.165, 1.54) is 4.68 Å². The maximum atomic E-state index is 12.4. The lowest BCUT2D eigenvalue weighted by atomic mass is 10.2. The average molecular weight is 342 g/mol. The van der Waals surface area contributed by atoms with Crippen molar-refractivity contribution in [3.63, 3.8) is 0 Å². The van der Waals surface area contributed by atoms with Crippen LogP contribution in [0.1, 0.15) is 5.56 Å². The quantitative estimate of drug-likeness (QED) is 0.733. The van der Waals surface area contributed by atoms with Crippen LogP contribution in [-0.4, -0.2) is 27.6 Å². The molecule has 0 aliphatic rings. The summed E-state index contributed by atoms with van der Waals surface area (Å²) in [6.07, 6.45) is 1.60. The van der Waals surface area contributed by atoms with Crippen LogP contribution in [-0.2, 0) is 17.9 Å². The SMILES string of the molecule is CN(Cc1cccc(Cl)c1)C(=O)Cn1ncc2ccccc2c1=O. The van der Waals surface area contributed by atoms with E-state index in [9.17, 15) is 9.59 Å². The van der Waals surface area contributed by atoms with Crippen LogP contribution < -0.4 is 5.56 Å². The topological polar surface area (TPSA) is 55.2 Å². The van der Waals surface area contributed by atoms with Gasteiger partial charge in [-0.3, -0.25) is 9.59 Å². The van der Waals surface area contributed by atoms with Crippen molar-refractivity contribution in [2.24, 2.45) is 0 Å². The predicted octanol–water partition coefficient (Wildman–Crippen LogP) is 2.71. The van der Waals surface area contributed by atoms with Gasteiger partial charge in [-0.25, -0.2) is 4.68 Å². The second-order valence-corrected chi connectivity index (χ2v) is 6.01. The van der Waals surface area contributed by atoms with E-state index in [0.29, 0.717) is 17.0 Å². The Hall–Kier alpha value is -2.66. The van der Waals surface area contributed by atoms with Crippen molar-refractivity contribution < 1.29 is 4.79 Å². The Kier molecular flexibility index (Phi) is 4.62. The summed E-state index contributed by atoms with van der Waals surface area (Å²) in [4.78, 5) is 26.3. The molecule has 0 aliphatic heterocycles. The number of halogens is 1. The summed E-state index contributed by atoms with van der Waals surface area (Å²) in [7, 11) is 1.69. The van der Waals surface area contributed by atoms with Crippen molar-refractivity contribution in [1.82, 2.24) is 14.7 Å². The molecule has 5 nitrogen and oxygen atoms in total. The number of aromatic nitrogens is 2. The molecule has 0 saturated heterocycles. The molecule has 1 heterocycles. The second-order valence-electron chi connectivity index (χ2n) is 5.57. The first-order chi connectivity index (χ1) is 11.5. The van der Waals surface area contributed by atoms with Gasteiger partial charge in [0.05, 0.1) is 11.6 Å². The van der Waals surface area contributed by atoms with Gasteiger partial charge in [0.1, 0.15) is 6.54 Å². The van der Waals surface area contributed by atoms with Crippen LogP contribution in [0.5, 0.6) is 0 Å². The number of amides is 1. The molecule has 2 aromatic carbocycles. The Morgan fingerprint density at radius 2 is 2.00 bits per heavy atom. The third kappa shape index (κ3) is 3.46. The van der Waals surface area contributed by atoms with Gasteiger partial charge in [-0.15, -0.1) is 0 Å². The summed E-state index contributed by atoms with van der Waals surface area (Å²) >= 11 is 5.96. The van der Waals surface area contributed by atoms with Gasteiger partial charge in [0.25, 0.3) is 5.56 Å². The fraction of sp³-hybridized carbons (Fsp3) is 0.167. The molecule has 6 heteroatoms. The van der Waals surface area contributed by atoms with E-state index < -0.39 is 0 Å². The lowest BCUT2D eigenvalue weighted by molar-refractivity contribution is -0.131. The van der Waals surface area contributed by atoms with Crippen LogP contribution >= 0.6 is 11.6 Å². The zero-order valence-electron chi connectivity index (χ0n) is 13.1. The third-order valence-corrected chi connectivity index (χ3v) is 4.02. The van der Waals surface area contributed by atoms with Crippen molar-refractivity contribution >= 4 is 28.3 Å². The fourth-order valence-corrected chi connectivity index (χ4v) is 2.70. The van der Waals surface area contributed by atoms with Crippen molar-refractivity contribution in [3.8, 4) is 0 Å². The maximum Gasteiger partial charge on any atom is 0.275 e. The van der Waals surface area contributed by atoms with Gasteiger partial charge in [-0.1, -0.05) is 41.9 Å². The summed E-state index contributed by atoms with van der Waals surface area (Å²) < 4.78 is 1.19. The lowest BCUT2D eigenvalue weighted by Crippen LogP contribution is -2.34. The van der Waals surface area contributed by atoms with E-state index in [0.717, 1.165) is 10.9 Å². The second kappa shape index (κ2) is 6.84. The Bertz CT molecular complexity index is 952. The standard InChI is InChI=1S/C18H16ClN3O2/c1-21(11-13-5-4-7-15(19)9-13)17(23)12-22-18(24)16-8-3-2-6-14(16)10-20-22/h2-10H,11-12H2,1H3. The first-order valence-electron chi connectivity index (χ1n) is 7.48. The van der Waals surface area contributed by atoms with E-state index in [-0.39, 0.29) is 18.0 Å². The van der Waals surface area contributed by atoms with Crippen molar-refractivity contribution in [2.45, 2.75) is 13.1 Å². The molecule has 1 aromatic heterocycles. The van der Waals surface area contributed by atoms with Crippen LogP contribution in [0, 0.1) is 0 Å². The zero-order valence-corrected chi connectivity index (χ0v) is 13.9. The van der Waals surface area contributed by atoms with Crippen LogP contribution in [0.4, 0.5) is 0 Å². The molecule has 3 aromatic rings. The van der Waals surface area contributed by atoms with E-state index in [4.69, 9.17) is 11.6 Å². The van der Waals surface area contributed by atoms with Gasteiger partial charge in [0.15, 0.2) is 0 Å². The highest BCUT2D eigenvalue weighted by molar-refractivity contribution is 6.30. The summed E-state index contributed by atoms with van der Waals surface area (Å²) in [6, 6.07) is 14.5. The molecule has 0 radical (unpaired) electrons. The maximum absolute atomic E-state index is 12.4. The number of nitrogens with zero attached hydrogens (tertiary/aromatic N) is 3. The highest BCUT2D eigenvalue weighted by Gasteiger charge is 2.13. The Morgan fingerprint density at radius 1 is 1.21 bits per heavy atom. The lowest BCUT2D eigenvalue weighted by Gasteiger charge is -2.17. The Labute approximate surface area is 144 Å². The number of hydrogen-bond donors (Lipinski definition) is 0. The predicted molar refractivity (Wildman–Crippen MR) is 93.9 cm³/mol. The van der Waals surface area contributed by atoms with E-state index in [2.05, 4.69) is 5.10 Å². The Balaban J connectivity index is 1.77. The van der Waals surface area contributed by atoms with Crippen LogP contribution in [0.15, 0.2) is 59.5 Å². The third-order valence-electron chi connectivity index (χ3n) is 3.78. The normalized spacial score (nSPS) is 10.8. The minimum absolute atomic E-state index is 0.0965. The zero-order chi connectivity index (χ0) is 17.1. The summed E-state index contributed by atoms with van der Waals surface area (Å²) in [5.74, 6) is -0.195. The molecule has 3 rings (SSSR count). The number of hydrogen-bond acceptors (Lipinski definition) is 3. The van der Waals surface area contributed by atoms with E-state index >= 15 is 0 Å². The number of rotatable bonds is 4. The average Bonchev–Trinajstić information content (AvgIpc) is 2.57. The fourth-order valence-electron chi connectivity index (χ4n) is 2.49. The summed E-state index contributed by atoms with van der Waals surface area (Å²) in [6.45, 7) is 0.322.